The topological polar surface area (TPSA) is 49.3 Å². The van der Waals surface area contributed by atoms with Crippen molar-refractivity contribution in [1.29, 1.82) is 0 Å². The van der Waals surface area contributed by atoms with Crippen molar-refractivity contribution in [2.45, 2.75) is 23.1 Å². The van der Waals surface area contributed by atoms with Crippen LogP contribution in [0, 0.1) is 5.92 Å². The van der Waals surface area contributed by atoms with Gasteiger partial charge in [0, 0.05) is 34.8 Å². The molecule has 1 aliphatic rings. The molecule has 2 atom stereocenters. The summed E-state index contributed by atoms with van der Waals surface area (Å²) in [7, 11) is 0. The SMILES string of the molecule is O=C(N[C@@H]1C=C[C@H](CO)C1)c1ccc(SCc2ccccc2)cc1. The average molecular weight is 339 g/mol. The number of thioether (sulfide) groups is 1. The zero-order valence-electron chi connectivity index (χ0n) is 13.4. The first kappa shape index (κ1) is 16.8. The van der Waals surface area contributed by atoms with Crippen LogP contribution in [0.15, 0.2) is 71.6 Å². The average Bonchev–Trinajstić information content (AvgIpc) is 3.09. The molecule has 24 heavy (non-hydrogen) atoms. The Labute approximate surface area is 146 Å². The molecule has 3 nitrogen and oxygen atoms in total. The Morgan fingerprint density at radius 2 is 1.83 bits per heavy atom. The number of rotatable bonds is 6. The van der Waals surface area contributed by atoms with Crippen LogP contribution in [0.5, 0.6) is 0 Å². The van der Waals surface area contributed by atoms with Crippen LogP contribution in [-0.4, -0.2) is 23.7 Å². The van der Waals surface area contributed by atoms with Gasteiger partial charge < -0.3 is 10.4 Å². The van der Waals surface area contributed by atoms with Crippen LogP contribution in [0.25, 0.3) is 0 Å². The highest BCUT2D eigenvalue weighted by Crippen LogP contribution is 2.23. The molecule has 0 radical (unpaired) electrons. The van der Waals surface area contributed by atoms with E-state index in [1.807, 2.05) is 54.6 Å². The molecule has 0 unspecified atom stereocenters. The lowest BCUT2D eigenvalue weighted by Gasteiger charge is -2.13. The monoisotopic (exact) mass is 339 g/mol. The summed E-state index contributed by atoms with van der Waals surface area (Å²) in [5, 5.41) is 12.1. The van der Waals surface area contributed by atoms with E-state index in [9.17, 15) is 4.79 Å². The maximum Gasteiger partial charge on any atom is 0.251 e. The van der Waals surface area contributed by atoms with Crippen molar-refractivity contribution in [3.63, 3.8) is 0 Å². The van der Waals surface area contributed by atoms with E-state index in [1.165, 1.54) is 5.56 Å². The van der Waals surface area contributed by atoms with E-state index in [4.69, 9.17) is 5.11 Å². The Hall–Kier alpha value is -2.04. The molecule has 0 saturated heterocycles. The molecular formula is C20H21NO2S. The van der Waals surface area contributed by atoms with Crippen molar-refractivity contribution in [3.8, 4) is 0 Å². The molecule has 4 heteroatoms. The summed E-state index contributed by atoms with van der Waals surface area (Å²) >= 11 is 1.76. The van der Waals surface area contributed by atoms with Gasteiger partial charge >= 0.3 is 0 Å². The Morgan fingerprint density at radius 3 is 2.50 bits per heavy atom. The van der Waals surface area contributed by atoms with Crippen molar-refractivity contribution in [2.75, 3.05) is 6.61 Å². The molecular weight excluding hydrogens is 318 g/mol. The summed E-state index contributed by atoms with van der Waals surface area (Å²) < 4.78 is 0. The van der Waals surface area contributed by atoms with Gasteiger partial charge in [0.1, 0.15) is 0 Å². The fourth-order valence-electron chi connectivity index (χ4n) is 2.71. The maximum absolute atomic E-state index is 12.3. The van der Waals surface area contributed by atoms with E-state index in [1.54, 1.807) is 11.8 Å². The third kappa shape index (κ3) is 4.49. The molecule has 124 valence electrons. The molecule has 0 aromatic heterocycles. The van der Waals surface area contributed by atoms with Gasteiger partial charge in [0.25, 0.3) is 5.91 Å². The molecule has 2 N–H and O–H groups in total. The molecule has 1 amide bonds. The van der Waals surface area contributed by atoms with Gasteiger partial charge in [-0.2, -0.15) is 0 Å². The molecule has 1 aliphatic carbocycles. The van der Waals surface area contributed by atoms with Crippen LogP contribution in [0.4, 0.5) is 0 Å². The quantitative estimate of drug-likeness (QED) is 0.624. The molecule has 0 heterocycles. The summed E-state index contributed by atoms with van der Waals surface area (Å²) in [4.78, 5) is 13.4. The minimum Gasteiger partial charge on any atom is -0.396 e. The zero-order chi connectivity index (χ0) is 16.8. The normalized spacial score (nSPS) is 19.4. The van der Waals surface area contributed by atoms with Gasteiger partial charge in [-0.25, -0.2) is 0 Å². The highest BCUT2D eigenvalue weighted by atomic mass is 32.2. The second-order valence-electron chi connectivity index (χ2n) is 5.94. The number of carbonyl (C=O) groups excluding carboxylic acids is 1. The van der Waals surface area contributed by atoms with Gasteiger partial charge in [0.05, 0.1) is 0 Å². The van der Waals surface area contributed by atoms with Gasteiger partial charge in [-0.15, -0.1) is 11.8 Å². The first-order valence-electron chi connectivity index (χ1n) is 8.11. The number of hydrogen-bond donors (Lipinski definition) is 2. The Bertz CT molecular complexity index is 697. The van der Waals surface area contributed by atoms with Crippen molar-refractivity contribution >= 4 is 17.7 Å². The standard InChI is InChI=1S/C20H21NO2S/c22-13-16-6-9-18(12-16)21-20(23)17-7-10-19(11-8-17)24-14-15-4-2-1-3-5-15/h1-11,16,18,22H,12-14H2,(H,21,23)/t16-,18+/m0/s1. The van der Waals surface area contributed by atoms with Crippen LogP contribution in [0.1, 0.15) is 22.3 Å². The van der Waals surface area contributed by atoms with Crippen molar-refractivity contribution in [2.24, 2.45) is 5.92 Å². The first-order valence-corrected chi connectivity index (χ1v) is 9.10. The Kier molecular flexibility index (Phi) is 5.72. The van der Waals surface area contributed by atoms with Crippen molar-refractivity contribution < 1.29 is 9.90 Å². The van der Waals surface area contributed by atoms with E-state index < -0.39 is 0 Å². The van der Waals surface area contributed by atoms with E-state index in [0.29, 0.717) is 5.56 Å². The number of aliphatic hydroxyl groups excluding tert-OH is 1. The molecule has 0 aliphatic heterocycles. The minimum absolute atomic E-state index is 0.0155. The van der Waals surface area contributed by atoms with E-state index in [2.05, 4.69) is 17.4 Å². The van der Waals surface area contributed by atoms with Crippen molar-refractivity contribution in [1.82, 2.24) is 5.32 Å². The number of aliphatic hydroxyl groups is 1. The van der Waals surface area contributed by atoms with Crippen LogP contribution in [0.2, 0.25) is 0 Å². The van der Waals surface area contributed by atoms with Crippen LogP contribution < -0.4 is 5.32 Å². The van der Waals surface area contributed by atoms with Gasteiger partial charge in [-0.3, -0.25) is 4.79 Å². The first-order chi connectivity index (χ1) is 11.7. The predicted octanol–water partition coefficient (Wildman–Crippen LogP) is 3.65. The van der Waals surface area contributed by atoms with Crippen LogP contribution in [-0.2, 0) is 5.75 Å². The summed E-state index contributed by atoms with van der Waals surface area (Å²) in [6.45, 7) is 0.135. The predicted molar refractivity (Wildman–Crippen MR) is 98.0 cm³/mol. The van der Waals surface area contributed by atoms with Gasteiger partial charge in [0.2, 0.25) is 0 Å². The number of nitrogens with one attached hydrogen (secondary N) is 1. The van der Waals surface area contributed by atoms with Gasteiger partial charge in [0.15, 0.2) is 0 Å². The van der Waals surface area contributed by atoms with E-state index in [0.717, 1.165) is 17.1 Å². The third-order valence-electron chi connectivity index (χ3n) is 4.09. The fraction of sp³-hybridized carbons (Fsp3) is 0.250. The minimum atomic E-state index is -0.0668. The summed E-state index contributed by atoms with van der Waals surface area (Å²) in [5.74, 6) is 1.01. The number of hydrogen-bond acceptors (Lipinski definition) is 3. The van der Waals surface area contributed by atoms with Gasteiger partial charge in [-0.1, -0.05) is 42.5 Å². The zero-order valence-corrected chi connectivity index (χ0v) is 14.2. The lowest BCUT2D eigenvalue weighted by Crippen LogP contribution is -2.32. The second kappa shape index (κ2) is 8.18. The molecule has 3 rings (SSSR count). The van der Waals surface area contributed by atoms with Crippen LogP contribution >= 0.6 is 11.8 Å². The van der Waals surface area contributed by atoms with E-state index in [-0.39, 0.29) is 24.5 Å². The number of carbonyl (C=O) groups is 1. The Balaban J connectivity index is 1.52. The molecule has 0 saturated carbocycles. The smallest absolute Gasteiger partial charge is 0.251 e. The summed E-state index contributed by atoms with van der Waals surface area (Å²) in [6, 6.07) is 18.1. The third-order valence-corrected chi connectivity index (χ3v) is 5.17. The molecule has 0 fully saturated rings. The van der Waals surface area contributed by atoms with Crippen molar-refractivity contribution in [3.05, 3.63) is 77.9 Å². The lowest BCUT2D eigenvalue weighted by atomic mass is 10.1. The molecule has 0 bridgehead atoms. The van der Waals surface area contributed by atoms with Crippen LogP contribution in [0.3, 0.4) is 0 Å². The second-order valence-corrected chi connectivity index (χ2v) is 6.99. The Morgan fingerprint density at radius 1 is 1.08 bits per heavy atom. The summed E-state index contributed by atoms with van der Waals surface area (Å²) in [5.41, 5.74) is 1.95. The highest BCUT2D eigenvalue weighted by molar-refractivity contribution is 7.98. The highest BCUT2D eigenvalue weighted by Gasteiger charge is 2.20. The molecule has 0 spiro atoms. The van der Waals surface area contributed by atoms with Gasteiger partial charge in [-0.05, 0) is 36.2 Å². The molecule has 2 aromatic rings. The number of benzene rings is 2. The molecule has 2 aromatic carbocycles. The fourth-order valence-corrected chi connectivity index (χ4v) is 3.57. The number of amides is 1. The lowest BCUT2D eigenvalue weighted by molar-refractivity contribution is 0.0941. The maximum atomic E-state index is 12.3. The van der Waals surface area contributed by atoms with E-state index >= 15 is 0 Å². The summed E-state index contributed by atoms with van der Waals surface area (Å²) in [6.07, 6.45) is 4.70. The largest absolute Gasteiger partial charge is 0.396 e.